The zero-order valence-electron chi connectivity index (χ0n) is 10.0. The number of barbiturate groups is 1. The number of ether oxygens (including phenoxy) is 1. The molecule has 0 unspecified atom stereocenters. The first kappa shape index (κ1) is 12.1. The van der Waals surface area contributed by atoms with E-state index in [-0.39, 0.29) is 6.42 Å². The molecule has 0 aromatic heterocycles. The Morgan fingerprint density at radius 2 is 2.00 bits per heavy atom. The number of nitrogens with zero attached hydrogens (tertiary/aromatic N) is 1. The number of benzene rings is 1. The minimum absolute atomic E-state index is 0.323. The molecule has 6 nitrogen and oxygen atoms in total. The van der Waals surface area contributed by atoms with Crippen LogP contribution in [0.1, 0.15) is 12.0 Å². The summed E-state index contributed by atoms with van der Waals surface area (Å²) in [5, 5.41) is 2.10. The van der Waals surface area contributed by atoms with Gasteiger partial charge in [-0.1, -0.05) is 0 Å². The minimum atomic E-state index is -0.721. The van der Waals surface area contributed by atoms with Crippen LogP contribution < -0.4 is 15.0 Å². The fraction of sp³-hybridized carbons (Fsp3) is 0.250. The highest BCUT2D eigenvalue weighted by Crippen LogP contribution is 2.25. The smallest absolute Gasteiger partial charge is 0.335 e. The molecule has 1 N–H and O–H groups in total. The first-order valence-electron chi connectivity index (χ1n) is 5.34. The van der Waals surface area contributed by atoms with Gasteiger partial charge in [0.25, 0.3) is 0 Å². The molecule has 0 atom stereocenters. The summed E-state index contributed by atoms with van der Waals surface area (Å²) in [5.74, 6) is -0.445. The van der Waals surface area contributed by atoms with Crippen LogP contribution in [0, 0.1) is 6.92 Å². The monoisotopic (exact) mass is 248 g/mol. The van der Waals surface area contributed by atoms with Crippen molar-refractivity contribution >= 4 is 23.5 Å². The first-order chi connectivity index (χ1) is 8.52. The third-order valence-corrected chi connectivity index (χ3v) is 2.65. The molecule has 18 heavy (non-hydrogen) atoms. The van der Waals surface area contributed by atoms with E-state index in [2.05, 4.69) is 5.32 Å². The first-order valence-corrected chi connectivity index (χ1v) is 5.34. The van der Waals surface area contributed by atoms with Gasteiger partial charge in [-0.3, -0.25) is 14.9 Å². The van der Waals surface area contributed by atoms with E-state index >= 15 is 0 Å². The average molecular weight is 248 g/mol. The minimum Gasteiger partial charge on any atom is -0.496 e. The molecule has 1 saturated heterocycles. The Morgan fingerprint density at radius 3 is 2.56 bits per heavy atom. The summed E-state index contributed by atoms with van der Waals surface area (Å²) in [6, 6.07) is 4.20. The van der Waals surface area contributed by atoms with Crippen LogP contribution in [0.4, 0.5) is 10.5 Å². The third-order valence-electron chi connectivity index (χ3n) is 2.65. The highest BCUT2D eigenvalue weighted by molar-refractivity contribution is 6.26. The van der Waals surface area contributed by atoms with Crippen molar-refractivity contribution in [2.75, 3.05) is 12.0 Å². The predicted octanol–water partition coefficient (Wildman–Crippen LogP) is 0.977. The third kappa shape index (κ3) is 2.04. The number of imide groups is 2. The van der Waals surface area contributed by atoms with Crippen LogP contribution in [0.3, 0.4) is 0 Å². The number of hydrogen-bond donors (Lipinski definition) is 1. The fourth-order valence-corrected chi connectivity index (χ4v) is 1.81. The number of hydrogen-bond acceptors (Lipinski definition) is 4. The number of urea groups is 1. The van der Waals surface area contributed by atoms with Crippen LogP contribution in [0.2, 0.25) is 0 Å². The molecule has 0 bridgehead atoms. The molecule has 1 aliphatic rings. The number of anilines is 1. The van der Waals surface area contributed by atoms with E-state index in [0.29, 0.717) is 11.4 Å². The lowest BCUT2D eigenvalue weighted by atomic mass is 10.1. The number of methoxy groups -OCH3 is 1. The summed E-state index contributed by atoms with van der Waals surface area (Å²) in [4.78, 5) is 35.3. The Bertz CT molecular complexity index is 519. The molecule has 1 heterocycles. The average Bonchev–Trinajstić information content (AvgIpc) is 2.27. The van der Waals surface area contributed by atoms with Crippen molar-refractivity contribution in [2.45, 2.75) is 13.3 Å². The van der Waals surface area contributed by atoms with Gasteiger partial charge in [-0.15, -0.1) is 0 Å². The van der Waals surface area contributed by atoms with Crippen LogP contribution in [0.15, 0.2) is 18.2 Å². The quantitative estimate of drug-likeness (QED) is 0.791. The van der Waals surface area contributed by atoms with Gasteiger partial charge in [0, 0.05) is 0 Å². The molecule has 0 spiro atoms. The number of amides is 4. The predicted molar refractivity (Wildman–Crippen MR) is 63.4 cm³/mol. The van der Waals surface area contributed by atoms with Crippen LogP contribution >= 0.6 is 0 Å². The molecule has 1 fully saturated rings. The van der Waals surface area contributed by atoms with Crippen molar-refractivity contribution in [3.8, 4) is 5.75 Å². The van der Waals surface area contributed by atoms with Crippen LogP contribution in [0.25, 0.3) is 0 Å². The summed E-state index contributed by atoms with van der Waals surface area (Å²) < 4.78 is 5.10. The van der Waals surface area contributed by atoms with Crippen LogP contribution in [-0.2, 0) is 9.59 Å². The largest absolute Gasteiger partial charge is 0.496 e. The van der Waals surface area contributed by atoms with Gasteiger partial charge < -0.3 is 4.74 Å². The maximum atomic E-state index is 11.7. The van der Waals surface area contributed by atoms with E-state index < -0.39 is 17.8 Å². The van der Waals surface area contributed by atoms with Gasteiger partial charge in [-0.2, -0.15) is 0 Å². The number of aryl methyl sites for hydroxylation is 1. The van der Waals surface area contributed by atoms with E-state index in [1.165, 1.54) is 0 Å². The lowest BCUT2D eigenvalue weighted by Crippen LogP contribution is -2.52. The molecule has 0 radical (unpaired) electrons. The second-order valence-electron chi connectivity index (χ2n) is 3.91. The van der Waals surface area contributed by atoms with E-state index in [0.717, 1.165) is 10.5 Å². The molecule has 1 aliphatic heterocycles. The topological polar surface area (TPSA) is 75.7 Å². The van der Waals surface area contributed by atoms with Crippen LogP contribution in [0.5, 0.6) is 5.75 Å². The Morgan fingerprint density at radius 1 is 1.28 bits per heavy atom. The Kier molecular flexibility index (Phi) is 3.01. The molecular weight excluding hydrogens is 236 g/mol. The van der Waals surface area contributed by atoms with Gasteiger partial charge in [0.2, 0.25) is 11.8 Å². The SMILES string of the molecule is COc1ccc(N2C(=O)CC(=O)NC2=O)cc1C. The summed E-state index contributed by atoms with van der Waals surface area (Å²) in [5.41, 5.74) is 1.22. The maximum Gasteiger partial charge on any atom is 0.335 e. The molecular formula is C12H12N2O4. The van der Waals surface area contributed by atoms with Gasteiger partial charge >= 0.3 is 6.03 Å². The van der Waals surface area contributed by atoms with E-state index in [1.807, 2.05) is 0 Å². The molecule has 1 aromatic rings. The highest BCUT2D eigenvalue weighted by atomic mass is 16.5. The van der Waals surface area contributed by atoms with Gasteiger partial charge in [-0.25, -0.2) is 9.69 Å². The fourth-order valence-electron chi connectivity index (χ4n) is 1.81. The van der Waals surface area contributed by atoms with E-state index in [9.17, 15) is 14.4 Å². The molecule has 6 heteroatoms. The van der Waals surface area contributed by atoms with E-state index in [1.54, 1.807) is 32.2 Å². The molecule has 0 aliphatic carbocycles. The van der Waals surface area contributed by atoms with Crippen molar-refractivity contribution in [1.82, 2.24) is 5.32 Å². The summed E-state index contributed by atoms with van der Waals surface area (Å²) in [6.45, 7) is 1.81. The Hall–Kier alpha value is -2.37. The normalized spacial score (nSPS) is 15.7. The lowest BCUT2D eigenvalue weighted by molar-refractivity contribution is -0.128. The van der Waals surface area contributed by atoms with Gasteiger partial charge in [0.15, 0.2) is 0 Å². The van der Waals surface area contributed by atoms with Crippen molar-refractivity contribution in [2.24, 2.45) is 0 Å². The molecule has 1 aromatic carbocycles. The van der Waals surface area contributed by atoms with Gasteiger partial charge in [-0.05, 0) is 30.7 Å². The van der Waals surface area contributed by atoms with Crippen LogP contribution in [-0.4, -0.2) is 25.0 Å². The molecule has 0 saturated carbocycles. The number of carbonyl (C=O) groups is 3. The Labute approximate surface area is 104 Å². The Balaban J connectivity index is 2.36. The summed E-state index contributed by atoms with van der Waals surface area (Å²) >= 11 is 0. The van der Waals surface area contributed by atoms with Crippen molar-refractivity contribution in [1.29, 1.82) is 0 Å². The second-order valence-corrected chi connectivity index (χ2v) is 3.91. The van der Waals surface area contributed by atoms with Crippen molar-refractivity contribution in [3.63, 3.8) is 0 Å². The number of carbonyl (C=O) groups excluding carboxylic acids is 3. The number of nitrogens with one attached hydrogen (secondary N) is 1. The maximum absolute atomic E-state index is 11.7. The lowest BCUT2D eigenvalue weighted by Gasteiger charge is -2.25. The van der Waals surface area contributed by atoms with Gasteiger partial charge in [0.05, 0.1) is 12.8 Å². The standard InChI is InChI=1S/C12H12N2O4/c1-7-5-8(3-4-9(7)18-2)14-11(16)6-10(15)13-12(14)17/h3-5H,6H2,1-2H3,(H,13,15,17). The second kappa shape index (κ2) is 4.48. The summed E-state index contributed by atoms with van der Waals surface area (Å²) in [7, 11) is 1.54. The van der Waals surface area contributed by atoms with Crippen molar-refractivity contribution < 1.29 is 19.1 Å². The molecule has 4 amide bonds. The zero-order chi connectivity index (χ0) is 13.3. The van der Waals surface area contributed by atoms with E-state index in [4.69, 9.17) is 4.74 Å². The zero-order valence-corrected chi connectivity index (χ0v) is 10.0. The molecule has 2 rings (SSSR count). The summed E-state index contributed by atoms with van der Waals surface area (Å²) in [6.07, 6.45) is -0.323. The van der Waals surface area contributed by atoms with Gasteiger partial charge in [0.1, 0.15) is 12.2 Å². The highest BCUT2D eigenvalue weighted by Gasteiger charge is 2.32. The van der Waals surface area contributed by atoms with Crippen molar-refractivity contribution in [3.05, 3.63) is 23.8 Å². The molecule has 94 valence electrons. The number of rotatable bonds is 2.